The van der Waals surface area contributed by atoms with Crippen LogP contribution >= 0.6 is 11.3 Å². The molecule has 3 aromatic rings. The van der Waals surface area contributed by atoms with Crippen LogP contribution in [0.15, 0.2) is 54.0 Å². The van der Waals surface area contributed by atoms with Gasteiger partial charge in [0, 0.05) is 16.8 Å². The molecular weight excluding hydrogens is 286 g/mol. The monoisotopic (exact) mass is 299 g/mol. The maximum Gasteiger partial charge on any atom is 0.359 e. The van der Waals surface area contributed by atoms with Crippen LogP contribution in [0.25, 0.3) is 5.69 Å². The largest absolute Gasteiger partial charge is 0.455 e. The summed E-state index contributed by atoms with van der Waals surface area (Å²) in [6.07, 6.45) is 1.70. The number of nitrogens with zero attached hydrogens (tertiary/aromatic N) is 2. The number of nitrogens with two attached hydrogens (primary N) is 1. The van der Waals surface area contributed by atoms with E-state index >= 15 is 0 Å². The zero-order chi connectivity index (χ0) is 14.7. The van der Waals surface area contributed by atoms with Gasteiger partial charge in [0.25, 0.3) is 0 Å². The number of aromatic nitrogens is 2. The highest BCUT2D eigenvalue weighted by atomic mass is 32.1. The van der Waals surface area contributed by atoms with E-state index in [-0.39, 0.29) is 12.3 Å². The predicted octanol–water partition coefficient (Wildman–Crippen LogP) is 2.87. The van der Waals surface area contributed by atoms with Crippen molar-refractivity contribution in [2.45, 2.75) is 6.61 Å². The van der Waals surface area contributed by atoms with Gasteiger partial charge >= 0.3 is 5.97 Å². The summed E-state index contributed by atoms with van der Waals surface area (Å²) in [5, 5.41) is 6.15. The molecule has 0 aliphatic carbocycles. The van der Waals surface area contributed by atoms with E-state index < -0.39 is 5.97 Å². The Labute approximate surface area is 125 Å². The summed E-state index contributed by atoms with van der Waals surface area (Å²) in [7, 11) is 0. The average molecular weight is 299 g/mol. The highest BCUT2D eigenvalue weighted by molar-refractivity contribution is 7.09. The summed E-state index contributed by atoms with van der Waals surface area (Å²) in [6.45, 7) is 0.266. The maximum absolute atomic E-state index is 11.9. The fourth-order valence-electron chi connectivity index (χ4n) is 1.85. The zero-order valence-electron chi connectivity index (χ0n) is 11.1. The first-order valence-corrected chi connectivity index (χ1v) is 7.21. The average Bonchev–Trinajstić information content (AvgIpc) is 3.16. The number of anilines is 1. The summed E-state index contributed by atoms with van der Waals surface area (Å²) < 4.78 is 6.81. The summed E-state index contributed by atoms with van der Waals surface area (Å²) in [4.78, 5) is 12.9. The summed E-state index contributed by atoms with van der Waals surface area (Å²) >= 11 is 1.55. The molecule has 21 heavy (non-hydrogen) atoms. The summed E-state index contributed by atoms with van der Waals surface area (Å²) in [6, 6.07) is 12.7. The van der Waals surface area contributed by atoms with Crippen LogP contribution in [-0.4, -0.2) is 15.7 Å². The molecule has 0 fully saturated rings. The third-order valence-corrected chi connectivity index (χ3v) is 3.71. The van der Waals surface area contributed by atoms with E-state index in [1.54, 1.807) is 40.4 Å². The Morgan fingerprint density at radius 2 is 2.19 bits per heavy atom. The van der Waals surface area contributed by atoms with Gasteiger partial charge in [0.1, 0.15) is 6.61 Å². The van der Waals surface area contributed by atoms with Crippen LogP contribution in [0.2, 0.25) is 0 Å². The number of esters is 1. The minimum atomic E-state index is -0.439. The molecular formula is C15H13N3O2S. The van der Waals surface area contributed by atoms with Crippen molar-refractivity contribution in [2.24, 2.45) is 0 Å². The number of rotatable bonds is 4. The molecule has 0 bridgehead atoms. The number of carbonyl (C=O) groups is 1. The minimum absolute atomic E-state index is 0.266. The number of ether oxygens (including phenoxy) is 1. The van der Waals surface area contributed by atoms with Gasteiger partial charge < -0.3 is 10.5 Å². The van der Waals surface area contributed by atoms with Gasteiger partial charge in [-0.1, -0.05) is 12.1 Å². The second-order valence-electron chi connectivity index (χ2n) is 4.40. The Morgan fingerprint density at radius 3 is 2.95 bits per heavy atom. The molecule has 2 heterocycles. The van der Waals surface area contributed by atoms with E-state index in [2.05, 4.69) is 5.10 Å². The Hall–Kier alpha value is -2.60. The fourth-order valence-corrected chi connectivity index (χ4v) is 2.47. The van der Waals surface area contributed by atoms with Crippen molar-refractivity contribution in [3.8, 4) is 5.69 Å². The maximum atomic E-state index is 11.9. The van der Waals surface area contributed by atoms with Gasteiger partial charge in [-0.05, 0) is 35.7 Å². The predicted molar refractivity (Wildman–Crippen MR) is 81.4 cm³/mol. The van der Waals surface area contributed by atoms with E-state index in [9.17, 15) is 4.79 Å². The minimum Gasteiger partial charge on any atom is -0.455 e. The first-order valence-electron chi connectivity index (χ1n) is 6.33. The third-order valence-electron chi connectivity index (χ3n) is 2.86. The molecule has 0 amide bonds. The SMILES string of the molecule is Nc1cccc(-n2ccc(C(=O)OCc3cccs3)n2)c1. The molecule has 2 aromatic heterocycles. The standard InChI is InChI=1S/C15H13N3O2S/c16-11-3-1-4-12(9-11)18-7-6-14(17-18)15(19)20-10-13-5-2-8-21-13/h1-9H,10,16H2. The second kappa shape index (κ2) is 5.80. The molecule has 0 saturated carbocycles. The van der Waals surface area contributed by atoms with Gasteiger partial charge in [-0.3, -0.25) is 0 Å². The van der Waals surface area contributed by atoms with Gasteiger partial charge in [0.15, 0.2) is 5.69 Å². The number of thiophene rings is 1. The first-order chi connectivity index (χ1) is 10.2. The molecule has 0 aliphatic heterocycles. The Kier molecular flexibility index (Phi) is 3.70. The van der Waals surface area contributed by atoms with Crippen molar-refractivity contribution in [1.82, 2.24) is 9.78 Å². The lowest BCUT2D eigenvalue weighted by Gasteiger charge is -2.02. The highest BCUT2D eigenvalue weighted by Gasteiger charge is 2.12. The van der Waals surface area contributed by atoms with E-state index in [0.717, 1.165) is 10.6 Å². The Bertz CT molecular complexity index is 750. The van der Waals surface area contributed by atoms with E-state index in [4.69, 9.17) is 10.5 Å². The van der Waals surface area contributed by atoms with E-state index in [1.165, 1.54) is 0 Å². The van der Waals surface area contributed by atoms with E-state index in [0.29, 0.717) is 5.69 Å². The molecule has 0 atom stereocenters. The van der Waals surface area contributed by atoms with Gasteiger partial charge in [-0.2, -0.15) is 5.10 Å². The Morgan fingerprint density at radius 1 is 1.29 bits per heavy atom. The van der Waals surface area contributed by atoms with Gasteiger partial charge in [0.05, 0.1) is 5.69 Å². The van der Waals surface area contributed by atoms with Crippen molar-refractivity contribution >= 4 is 23.0 Å². The summed E-state index contributed by atoms with van der Waals surface area (Å²) in [5.41, 5.74) is 7.45. The smallest absolute Gasteiger partial charge is 0.359 e. The number of benzene rings is 1. The summed E-state index contributed by atoms with van der Waals surface area (Å²) in [5.74, 6) is -0.439. The molecule has 2 N–H and O–H groups in total. The number of nitrogen functional groups attached to an aromatic ring is 1. The van der Waals surface area contributed by atoms with Crippen LogP contribution in [0.4, 0.5) is 5.69 Å². The second-order valence-corrected chi connectivity index (χ2v) is 5.43. The van der Waals surface area contributed by atoms with Crippen molar-refractivity contribution in [3.63, 3.8) is 0 Å². The van der Waals surface area contributed by atoms with Crippen LogP contribution < -0.4 is 5.73 Å². The molecule has 3 rings (SSSR count). The number of carbonyl (C=O) groups excluding carboxylic acids is 1. The molecule has 0 spiro atoms. The quantitative estimate of drug-likeness (QED) is 0.594. The third kappa shape index (κ3) is 3.11. The lowest BCUT2D eigenvalue weighted by Crippen LogP contribution is -2.06. The Balaban J connectivity index is 1.71. The zero-order valence-corrected chi connectivity index (χ0v) is 11.9. The van der Waals surface area contributed by atoms with Crippen LogP contribution in [0, 0.1) is 0 Å². The van der Waals surface area contributed by atoms with Crippen molar-refractivity contribution < 1.29 is 9.53 Å². The molecule has 0 saturated heterocycles. The fraction of sp³-hybridized carbons (Fsp3) is 0.0667. The van der Waals surface area contributed by atoms with Crippen molar-refractivity contribution in [3.05, 3.63) is 64.6 Å². The molecule has 106 valence electrons. The molecule has 6 heteroatoms. The van der Waals surface area contributed by atoms with Gasteiger partial charge in [-0.15, -0.1) is 11.3 Å². The number of hydrogen-bond acceptors (Lipinski definition) is 5. The molecule has 5 nitrogen and oxygen atoms in total. The van der Waals surface area contributed by atoms with Crippen molar-refractivity contribution in [2.75, 3.05) is 5.73 Å². The molecule has 0 radical (unpaired) electrons. The van der Waals surface area contributed by atoms with Crippen molar-refractivity contribution in [1.29, 1.82) is 0 Å². The molecule has 1 aromatic carbocycles. The normalized spacial score (nSPS) is 10.5. The highest BCUT2D eigenvalue weighted by Crippen LogP contribution is 2.13. The first kappa shape index (κ1) is 13.4. The molecule has 0 aliphatic rings. The topological polar surface area (TPSA) is 70.1 Å². The van der Waals surface area contributed by atoms with Crippen LogP contribution in [0.3, 0.4) is 0 Å². The van der Waals surface area contributed by atoms with Crippen LogP contribution in [0.1, 0.15) is 15.4 Å². The van der Waals surface area contributed by atoms with Crippen LogP contribution in [-0.2, 0) is 11.3 Å². The number of hydrogen-bond donors (Lipinski definition) is 1. The molecule has 0 unspecified atom stereocenters. The lowest BCUT2D eigenvalue weighted by molar-refractivity contribution is 0.0469. The van der Waals surface area contributed by atoms with Gasteiger partial charge in [-0.25, -0.2) is 9.48 Å². The van der Waals surface area contributed by atoms with Crippen LogP contribution in [0.5, 0.6) is 0 Å². The van der Waals surface area contributed by atoms with E-state index in [1.807, 2.05) is 29.6 Å². The lowest BCUT2D eigenvalue weighted by atomic mass is 10.3. The van der Waals surface area contributed by atoms with Gasteiger partial charge in [0.2, 0.25) is 0 Å².